The summed E-state index contributed by atoms with van der Waals surface area (Å²) in [6, 6.07) is 4.04. The molecule has 15 heavy (non-hydrogen) atoms. The van der Waals surface area contributed by atoms with E-state index in [0.717, 1.165) is 0 Å². The van der Waals surface area contributed by atoms with Gasteiger partial charge in [0, 0.05) is 6.54 Å². The van der Waals surface area contributed by atoms with Crippen molar-refractivity contribution in [2.75, 3.05) is 6.54 Å². The van der Waals surface area contributed by atoms with Crippen molar-refractivity contribution in [3.05, 3.63) is 28.8 Å². The van der Waals surface area contributed by atoms with Crippen LogP contribution in [0.25, 0.3) is 0 Å². The Bertz CT molecular complexity index is 336. The van der Waals surface area contributed by atoms with Crippen LogP contribution in [0.4, 0.5) is 8.78 Å². The monoisotopic (exact) mass is 237 g/mol. The quantitative estimate of drug-likeness (QED) is 0.841. The van der Waals surface area contributed by atoms with E-state index >= 15 is 0 Å². The van der Waals surface area contributed by atoms with E-state index in [1.165, 1.54) is 18.2 Å². The van der Waals surface area contributed by atoms with Crippen LogP contribution in [0.2, 0.25) is 5.02 Å². The van der Waals surface area contributed by atoms with Crippen LogP contribution in [0.15, 0.2) is 18.2 Å². The largest absolute Gasteiger partial charge is 0.433 e. The summed E-state index contributed by atoms with van der Waals surface area (Å²) in [5, 5.41) is 9.37. The molecule has 0 heterocycles. The van der Waals surface area contributed by atoms with Crippen LogP contribution in [0, 0.1) is 0 Å². The van der Waals surface area contributed by atoms with E-state index in [9.17, 15) is 13.9 Å². The Labute approximate surface area is 90.4 Å². The maximum atomic E-state index is 11.9. The summed E-state index contributed by atoms with van der Waals surface area (Å²) in [5.41, 5.74) is 5.69. The average molecular weight is 238 g/mol. The van der Waals surface area contributed by atoms with Crippen LogP contribution in [-0.4, -0.2) is 18.3 Å². The minimum Gasteiger partial charge on any atom is -0.433 e. The van der Waals surface area contributed by atoms with E-state index in [-0.39, 0.29) is 17.3 Å². The van der Waals surface area contributed by atoms with Crippen molar-refractivity contribution in [3.63, 3.8) is 0 Å². The molecular weight excluding hydrogens is 228 g/mol. The lowest BCUT2D eigenvalue weighted by Crippen LogP contribution is -2.11. The van der Waals surface area contributed by atoms with Crippen LogP contribution in [-0.2, 0) is 0 Å². The van der Waals surface area contributed by atoms with Gasteiger partial charge in [-0.15, -0.1) is 0 Å². The Morgan fingerprint density at radius 2 is 2.13 bits per heavy atom. The summed E-state index contributed by atoms with van der Waals surface area (Å²) in [7, 11) is 0. The average Bonchev–Trinajstić information content (AvgIpc) is 2.19. The van der Waals surface area contributed by atoms with Crippen molar-refractivity contribution < 1.29 is 18.6 Å². The third kappa shape index (κ3) is 3.30. The smallest absolute Gasteiger partial charge is 0.387 e. The van der Waals surface area contributed by atoms with Gasteiger partial charge < -0.3 is 15.6 Å². The highest BCUT2D eigenvalue weighted by molar-refractivity contribution is 6.32. The minimum absolute atomic E-state index is 0.0142. The van der Waals surface area contributed by atoms with Crippen LogP contribution in [0.1, 0.15) is 11.7 Å². The summed E-state index contributed by atoms with van der Waals surface area (Å²) >= 11 is 5.66. The predicted molar refractivity (Wildman–Crippen MR) is 52.1 cm³/mol. The Kier molecular flexibility index (Phi) is 4.26. The Hall–Kier alpha value is -0.910. The zero-order chi connectivity index (χ0) is 11.4. The molecule has 0 spiro atoms. The maximum Gasteiger partial charge on any atom is 0.387 e. The molecule has 0 bridgehead atoms. The molecule has 3 N–H and O–H groups in total. The fraction of sp³-hybridized carbons (Fsp3) is 0.333. The van der Waals surface area contributed by atoms with Crippen LogP contribution in [0.3, 0.4) is 0 Å². The second-order valence-electron chi connectivity index (χ2n) is 2.82. The number of halogens is 3. The zero-order valence-electron chi connectivity index (χ0n) is 7.66. The fourth-order valence-corrected chi connectivity index (χ4v) is 1.29. The number of hydrogen-bond donors (Lipinski definition) is 2. The first-order chi connectivity index (χ1) is 7.04. The van der Waals surface area contributed by atoms with Crippen LogP contribution >= 0.6 is 11.6 Å². The number of alkyl halides is 2. The normalized spacial score (nSPS) is 12.9. The molecule has 0 aliphatic carbocycles. The van der Waals surface area contributed by atoms with E-state index in [0.29, 0.717) is 5.56 Å². The summed E-state index contributed by atoms with van der Waals surface area (Å²) in [6.07, 6.45) is -0.858. The van der Waals surface area contributed by atoms with Gasteiger partial charge in [-0.3, -0.25) is 0 Å². The summed E-state index contributed by atoms with van der Waals surface area (Å²) < 4.78 is 27.9. The summed E-state index contributed by atoms with van der Waals surface area (Å²) in [5.74, 6) is -0.125. The molecule has 0 saturated heterocycles. The number of benzene rings is 1. The third-order valence-corrected chi connectivity index (χ3v) is 2.08. The molecule has 0 saturated carbocycles. The number of aliphatic hydroxyl groups is 1. The van der Waals surface area contributed by atoms with Gasteiger partial charge in [0.05, 0.1) is 11.1 Å². The molecule has 1 aromatic rings. The van der Waals surface area contributed by atoms with E-state index in [2.05, 4.69) is 4.74 Å². The number of ether oxygens (including phenoxy) is 1. The van der Waals surface area contributed by atoms with Gasteiger partial charge in [-0.1, -0.05) is 17.7 Å². The van der Waals surface area contributed by atoms with Crippen molar-refractivity contribution in [1.82, 2.24) is 0 Å². The van der Waals surface area contributed by atoms with Gasteiger partial charge in [-0.2, -0.15) is 8.78 Å². The molecule has 0 aromatic heterocycles. The second kappa shape index (κ2) is 5.25. The molecule has 1 rings (SSSR count). The second-order valence-corrected chi connectivity index (χ2v) is 3.23. The summed E-state index contributed by atoms with van der Waals surface area (Å²) in [6.45, 7) is -2.89. The minimum atomic E-state index is -2.92. The van der Waals surface area contributed by atoms with Crippen molar-refractivity contribution in [2.24, 2.45) is 5.73 Å². The molecule has 0 aliphatic rings. The van der Waals surface area contributed by atoms with E-state index in [1.54, 1.807) is 0 Å². The van der Waals surface area contributed by atoms with Gasteiger partial charge in [0.1, 0.15) is 5.75 Å². The first-order valence-electron chi connectivity index (χ1n) is 4.17. The van der Waals surface area contributed by atoms with Gasteiger partial charge in [-0.25, -0.2) is 0 Å². The topological polar surface area (TPSA) is 55.5 Å². The SMILES string of the molecule is NC[C@H](O)c1ccc(OC(F)F)c(Cl)c1. The number of hydrogen-bond acceptors (Lipinski definition) is 3. The Balaban J connectivity index is 2.88. The Morgan fingerprint density at radius 1 is 1.47 bits per heavy atom. The standard InChI is InChI=1S/C9H10ClF2NO2/c10-6-3-5(7(14)4-13)1-2-8(6)15-9(11)12/h1-3,7,9,14H,4,13H2/t7-/m0/s1. The van der Waals surface area contributed by atoms with Gasteiger partial charge in [0.2, 0.25) is 0 Å². The number of rotatable bonds is 4. The molecule has 0 fully saturated rings. The number of aliphatic hydroxyl groups excluding tert-OH is 1. The molecule has 0 amide bonds. The molecule has 1 atom stereocenters. The Morgan fingerprint density at radius 3 is 2.60 bits per heavy atom. The van der Waals surface area contributed by atoms with Gasteiger partial charge in [0.15, 0.2) is 0 Å². The highest BCUT2D eigenvalue weighted by Gasteiger charge is 2.11. The number of nitrogens with two attached hydrogens (primary N) is 1. The lowest BCUT2D eigenvalue weighted by atomic mass is 10.1. The molecule has 1 aromatic carbocycles. The fourth-order valence-electron chi connectivity index (χ4n) is 1.05. The summed E-state index contributed by atoms with van der Waals surface area (Å²) in [4.78, 5) is 0. The molecular formula is C9H10ClF2NO2. The first kappa shape index (κ1) is 12.2. The molecule has 84 valence electrons. The van der Waals surface area contributed by atoms with Crippen molar-refractivity contribution >= 4 is 11.6 Å². The van der Waals surface area contributed by atoms with Gasteiger partial charge >= 0.3 is 6.61 Å². The van der Waals surface area contributed by atoms with Crippen LogP contribution in [0.5, 0.6) is 5.75 Å². The third-order valence-electron chi connectivity index (χ3n) is 1.78. The highest BCUT2D eigenvalue weighted by Crippen LogP contribution is 2.28. The molecule has 0 aliphatic heterocycles. The molecule has 0 unspecified atom stereocenters. The maximum absolute atomic E-state index is 11.9. The molecule has 6 heteroatoms. The zero-order valence-corrected chi connectivity index (χ0v) is 8.42. The lowest BCUT2D eigenvalue weighted by Gasteiger charge is -2.11. The first-order valence-corrected chi connectivity index (χ1v) is 4.54. The van der Waals surface area contributed by atoms with Crippen molar-refractivity contribution in [1.29, 1.82) is 0 Å². The van der Waals surface area contributed by atoms with Gasteiger partial charge in [-0.05, 0) is 17.7 Å². The van der Waals surface area contributed by atoms with E-state index in [4.69, 9.17) is 17.3 Å². The van der Waals surface area contributed by atoms with E-state index in [1.807, 2.05) is 0 Å². The molecule has 3 nitrogen and oxygen atoms in total. The molecule has 0 radical (unpaired) electrons. The highest BCUT2D eigenvalue weighted by atomic mass is 35.5. The van der Waals surface area contributed by atoms with Crippen LogP contribution < -0.4 is 10.5 Å². The van der Waals surface area contributed by atoms with Gasteiger partial charge in [0.25, 0.3) is 0 Å². The van der Waals surface area contributed by atoms with Crippen molar-refractivity contribution in [3.8, 4) is 5.75 Å². The predicted octanol–water partition coefficient (Wildman–Crippen LogP) is 1.93. The van der Waals surface area contributed by atoms with E-state index < -0.39 is 12.7 Å². The lowest BCUT2D eigenvalue weighted by molar-refractivity contribution is -0.0498. The van der Waals surface area contributed by atoms with Crippen molar-refractivity contribution in [2.45, 2.75) is 12.7 Å².